The SMILES string of the molecule is Cc1cc(Cl)ccc1S(=O)(=O)Nc1cc(-c2ccccc2)sc1OC(=O)O. The molecule has 0 atom stereocenters. The van der Waals surface area contributed by atoms with Crippen molar-refractivity contribution in [1.29, 1.82) is 0 Å². The van der Waals surface area contributed by atoms with Crippen LogP contribution in [0, 0.1) is 6.92 Å². The molecule has 3 aromatic rings. The minimum atomic E-state index is -3.96. The fraction of sp³-hybridized carbons (Fsp3) is 0.0556. The Kier molecular flexibility index (Phi) is 5.41. The molecule has 1 aromatic heterocycles. The van der Waals surface area contributed by atoms with E-state index in [4.69, 9.17) is 21.4 Å². The van der Waals surface area contributed by atoms with Gasteiger partial charge < -0.3 is 9.84 Å². The number of aryl methyl sites for hydroxylation is 1. The summed E-state index contributed by atoms with van der Waals surface area (Å²) in [7, 11) is -3.96. The second-order valence-corrected chi connectivity index (χ2v) is 8.66. The number of nitrogens with one attached hydrogen (secondary N) is 1. The van der Waals surface area contributed by atoms with Crippen molar-refractivity contribution in [3.63, 3.8) is 0 Å². The van der Waals surface area contributed by atoms with Crippen LogP contribution in [-0.2, 0) is 10.0 Å². The van der Waals surface area contributed by atoms with Gasteiger partial charge in [-0.1, -0.05) is 53.3 Å². The van der Waals surface area contributed by atoms with Gasteiger partial charge in [-0.15, -0.1) is 0 Å². The third-order valence-electron chi connectivity index (χ3n) is 3.61. The molecule has 0 spiro atoms. The molecule has 0 radical (unpaired) electrons. The first-order chi connectivity index (χ1) is 12.8. The topological polar surface area (TPSA) is 92.7 Å². The highest BCUT2D eigenvalue weighted by atomic mass is 35.5. The molecule has 27 heavy (non-hydrogen) atoms. The van der Waals surface area contributed by atoms with E-state index in [-0.39, 0.29) is 15.6 Å². The Balaban J connectivity index is 2.02. The van der Waals surface area contributed by atoms with Crippen LogP contribution in [0.2, 0.25) is 5.02 Å². The Bertz CT molecular complexity index is 1090. The first-order valence-corrected chi connectivity index (χ1v) is 10.3. The molecule has 6 nitrogen and oxygen atoms in total. The van der Waals surface area contributed by atoms with E-state index in [1.54, 1.807) is 13.0 Å². The van der Waals surface area contributed by atoms with E-state index in [0.717, 1.165) is 16.9 Å². The zero-order chi connectivity index (χ0) is 19.6. The Morgan fingerprint density at radius 2 is 1.85 bits per heavy atom. The third-order valence-corrected chi connectivity index (χ3v) is 6.43. The molecule has 0 aliphatic heterocycles. The van der Waals surface area contributed by atoms with Crippen LogP contribution < -0.4 is 9.46 Å². The van der Waals surface area contributed by atoms with Crippen LogP contribution in [0.5, 0.6) is 5.06 Å². The summed E-state index contributed by atoms with van der Waals surface area (Å²) in [6.07, 6.45) is -1.53. The van der Waals surface area contributed by atoms with E-state index < -0.39 is 16.2 Å². The predicted octanol–water partition coefficient (Wildman–Crippen LogP) is 5.23. The first kappa shape index (κ1) is 19.2. The van der Waals surface area contributed by atoms with Crippen molar-refractivity contribution in [3.8, 4) is 15.5 Å². The molecule has 2 N–H and O–H groups in total. The van der Waals surface area contributed by atoms with E-state index in [2.05, 4.69) is 4.72 Å². The number of ether oxygens (including phenoxy) is 1. The van der Waals surface area contributed by atoms with Gasteiger partial charge in [0.25, 0.3) is 10.0 Å². The summed E-state index contributed by atoms with van der Waals surface area (Å²) in [4.78, 5) is 11.7. The lowest BCUT2D eigenvalue weighted by molar-refractivity contribution is 0.146. The molecule has 0 amide bonds. The zero-order valence-electron chi connectivity index (χ0n) is 14.0. The molecule has 0 aliphatic carbocycles. The molecular weight excluding hydrogens is 410 g/mol. The number of thiophene rings is 1. The molecule has 0 bridgehead atoms. The highest BCUT2D eigenvalue weighted by Gasteiger charge is 2.22. The summed E-state index contributed by atoms with van der Waals surface area (Å²) in [5.74, 6) is 0. The van der Waals surface area contributed by atoms with Gasteiger partial charge in [-0.3, -0.25) is 4.72 Å². The van der Waals surface area contributed by atoms with Crippen molar-refractivity contribution in [2.24, 2.45) is 0 Å². The second-order valence-electron chi connectivity index (χ2n) is 5.56. The zero-order valence-corrected chi connectivity index (χ0v) is 16.4. The maximum absolute atomic E-state index is 12.8. The van der Waals surface area contributed by atoms with Gasteiger partial charge in [-0.25, -0.2) is 13.2 Å². The summed E-state index contributed by atoms with van der Waals surface area (Å²) in [6.45, 7) is 1.62. The normalized spacial score (nSPS) is 11.2. The van der Waals surface area contributed by atoms with Crippen molar-refractivity contribution in [2.45, 2.75) is 11.8 Å². The van der Waals surface area contributed by atoms with Gasteiger partial charge in [0.15, 0.2) is 0 Å². The quantitative estimate of drug-likeness (QED) is 0.548. The van der Waals surface area contributed by atoms with Gasteiger partial charge >= 0.3 is 6.16 Å². The van der Waals surface area contributed by atoms with Crippen molar-refractivity contribution >= 4 is 44.8 Å². The van der Waals surface area contributed by atoms with Crippen LogP contribution in [0.1, 0.15) is 5.56 Å². The number of carbonyl (C=O) groups is 1. The molecule has 0 saturated carbocycles. The van der Waals surface area contributed by atoms with Gasteiger partial charge in [0.05, 0.1) is 4.90 Å². The highest BCUT2D eigenvalue weighted by Crippen LogP contribution is 2.42. The molecule has 3 rings (SSSR count). The summed E-state index contributed by atoms with van der Waals surface area (Å²) < 4.78 is 32.7. The molecule has 2 aromatic carbocycles. The van der Waals surface area contributed by atoms with Gasteiger partial charge in [0.2, 0.25) is 5.06 Å². The number of hydrogen-bond donors (Lipinski definition) is 2. The van der Waals surface area contributed by atoms with Crippen LogP contribution >= 0.6 is 22.9 Å². The number of benzene rings is 2. The molecule has 0 saturated heterocycles. The van der Waals surface area contributed by atoms with Gasteiger partial charge in [0.1, 0.15) is 5.69 Å². The number of halogens is 1. The maximum Gasteiger partial charge on any atom is 0.512 e. The number of anilines is 1. The third kappa shape index (κ3) is 4.41. The smallest absolute Gasteiger partial charge is 0.449 e. The molecule has 0 aliphatic rings. The number of sulfonamides is 1. The Labute approximate surface area is 165 Å². The standard InChI is InChI=1S/C18H14ClNO5S2/c1-11-9-13(19)7-8-16(11)27(23,24)20-14-10-15(12-5-3-2-4-6-12)26-17(14)25-18(21)22/h2-10,20H,1H3,(H,21,22). The maximum atomic E-state index is 12.8. The monoisotopic (exact) mass is 423 g/mol. The fourth-order valence-electron chi connectivity index (χ4n) is 2.46. The van der Waals surface area contributed by atoms with Gasteiger partial charge in [0, 0.05) is 9.90 Å². The minimum absolute atomic E-state index is 0.0423. The average molecular weight is 424 g/mol. The average Bonchev–Trinajstić information content (AvgIpc) is 2.96. The highest BCUT2D eigenvalue weighted by molar-refractivity contribution is 7.92. The summed E-state index contributed by atoms with van der Waals surface area (Å²) >= 11 is 6.91. The first-order valence-electron chi connectivity index (χ1n) is 7.65. The van der Waals surface area contributed by atoms with Crippen molar-refractivity contribution < 1.29 is 23.1 Å². The van der Waals surface area contributed by atoms with Crippen molar-refractivity contribution in [1.82, 2.24) is 0 Å². The van der Waals surface area contributed by atoms with Crippen LogP contribution in [-0.4, -0.2) is 19.7 Å². The minimum Gasteiger partial charge on any atom is -0.449 e. The Hall–Kier alpha value is -2.55. The summed E-state index contributed by atoms with van der Waals surface area (Å²) in [6, 6.07) is 15.1. The van der Waals surface area contributed by atoms with Crippen LogP contribution in [0.3, 0.4) is 0 Å². The van der Waals surface area contributed by atoms with Crippen LogP contribution in [0.15, 0.2) is 59.5 Å². The number of hydrogen-bond acceptors (Lipinski definition) is 5. The van der Waals surface area contributed by atoms with Crippen LogP contribution in [0.4, 0.5) is 10.5 Å². The number of rotatable bonds is 5. The molecule has 9 heteroatoms. The summed E-state index contributed by atoms with van der Waals surface area (Å²) in [5, 5.41) is 9.31. The largest absolute Gasteiger partial charge is 0.512 e. The van der Waals surface area contributed by atoms with E-state index in [1.165, 1.54) is 18.2 Å². The predicted molar refractivity (Wildman–Crippen MR) is 105 cm³/mol. The van der Waals surface area contributed by atoms with E-state index >= 15 is 0 Å². The van der Waals surface area contributed by atoms with E-state index in [0.29, 0.717) is 15.5 Å². The lowest BCUT2D eigenvalue weighted by atomic mass is 10.2. The second kappa shape index (κ2) is 7.59. The molecule has 0 fully saturated rings. The molecule has 0 unspecified atom stereocenters. The van der Waals surface area contributed by atoms with Crippen LogP contribution in [0.25, 0.3) is 10.4 Å². The lowest BCUT2D eigenvalue weighted by Crippen LogP contribution is -2.15. The summed E-state index contributed by atoms with van der Waals surface area (Å²) in [5.41, 5.74) is 1.33. The van der Waals surface area contributed by atoms with Crippen molar-refractivity contribution in [3.05, 3.63) is 65.2 Å². The molecule has 140 valence electrons. The van der Waals surface area contributed by atoms with Crippen molar-refractivity contribution in [2.75, 3.05) is 4.72 Å². The van der Waals surface area contributed by atoms with Gasteiger partial charge in [-0.2, -0.15) is 0 Å². The number of carboxylic acid groups (broad SMARTS) is 1. The molecular formula is C18H14ClNO5S2. The van der Waals surface area contributed by atoms with E-state index in [9.17, 15) is 13.2 Å². The van der Waals surface area contributed by atoms with E-state index in [1.807, 2.05) is 30.3 Å². The fourth-order valence-corrected chi connectivity index (χ4v) is 4.99. The van der Waals surface area contributed by atoms with Gasteiger partial charge in [-0.05, 0) is 42.3 Å². The Morgan fingerprint density at radius 1 is 1.15 bits per heavy atom. The molecule has 1 heterocycles. The Morgan fingerprint density at radius 3 is 2.48 bits per heavy atom. The lowest BCUT2D eigenvalue weighted by Gasteiger charge is -2.10.